The fourth-order valence-corrected chi connectivity index (χ4v) is 1.80. The molecule has 0 radical (unpaired) electrons. The zero-order chi connectivity index (χ0) is 15.1. The summed E-state index contributed by atoms with van der Waals surface area (Å²) in [5, 5.41) is 11.9. The van der Waals surface area contributed by atoms with Gasteiger partial charge in [-0.2, -0.15) is 5.26 Å². The van der Waals surface area contributed by atoms with E-state index in [0.29, 0.717) is 23.7 Å². The molecular weight excluding hydrogens is 266 g/mol. The van der Waals surface area contributed by atoms with E-state index < -0.39 is 0 Å². The van der Waals surface area contributed by atoms with Crippen molar-refractivity contribution >= 4 is 5.69 Å². The van der Waals surface area contributed by atoms with Crippen LogP contribution in [0.15, 0.2) is 42.6 Å². The number of nitrogens with one attached hydrogen (secondary N) is 1. The van der Waals surface area contributed by atoms with Gasteiger partial charge in [-0.25, -0.2) is 4.98 Å². The topological polar surface area (TPSA) is 67.2 Å². The molecule has 1 unspecified atom stereocenters. The molecule has 1 aromatic carbocycles. The Morgan fingerprint density at radius 2 is 2.00 bits per heavy atom. The van der Waals surface area contributed by atoms with Crippen LogP contribution in [-0.4, -0.2) is 24.7 Å². The Labute approximate surface area is 124 Å². The van der Waals surface area contributed by atoms with E-state index in [2.05, 4.69) is 10.3 Å². The Bertz CT molecular complexity index is 620. The molecule has 1 atom stereocenters. The molecule has 2 aromatic rings. The van der Waals surface area contributed by atoms with Crippen LogP contribution in [0.5, 0.6) is 11.5 Å². The van der Waals surface area contributed by atoms with Crippen LogP contribution in [0.4, 0.5) is 5.69 Å². The van der Waals surface area contributed by atoms with Crippen LogP contribution in [0.2, 0.25) is 0 Å². The molecule has 1 heterocycles. The molecule has 21 heavy (non-hydrogen) atoms. The monoisotopic (exact) mass is 283 g/mol. The van der Waals surface area contributed by atoms with Crippen molar-refractivity contribution in [2.75, 3.05) is 19.0 Å². The van der Waals surface area contributed by atoms with Gasteiger partial charge in [0.2, 0.25) is 0 Å². The maximum Gasteiger partial charge on any atom is 0.161 e. The van der Waals surface area contributed by atoms with E-state index in [0.717, 1.165) is 5.69 Å². The highest BCUT2D eigenvalue weighted by Gasteiger charge is 2.08. The highest BCUT2D eigenvalue weighted by molar-refractivity contribution is 5.43. The average molecular weight is 283 g/mol. The van der Waals surface area contributed by atoms with E-state index in [1.807, 2.05) is 43.3 Å². The summed E-state index contributed by atoms with van der Waals surface area (Å²) in [6, 6.07) is 13.0. The minimum absolute atomic E-state index is 0.0445. The van der Waals surface area contributed by atoms with Gasteiger partial charge in [-0.3, -0.25) is 0 Å². The van der Waals surface area contributed by atoms with Crippen molar-refractivity contribution in [1.29, 1.82) is 5.26 Å². The van der Waals surface area contributed by atoms with Crippen LogP contribution in [0.3, 0.4) is 0 Å². The van der Waals surface area contributed by atoms with Crippen molar-refractivity contribution in [3.63, 3.8) is 0 Å². The van der Waals surface area contributed by atoms with Crippen LogP contribution in [0.1, 0.15) is 12.6 Å². The van der Waals surface area contributed by atoms with Gasteiger partial charge in [0.25, 0.3) is 0 Å². The first-order chi connectivity index (χ1) is 10.2. The number of para-hydroxylation sites is 2. The number of hydrogen-bond donors (Lipinski definition) is 1. The summed E-state index contributed by atoms with van der Waals surface area (Å²) in [5.41, 5.74) is 1.25. The lowest BCUT2D eigenvalue weighted by atomic mass is 10.3. The number of ether oxygens (including phenoxy) is 2. The molecule has 1 N–H and O–H groups in total. The van der Waals surface area contributed by atoms with Crippen LogP contribution in [-0.2, 0) is 0 Å². The SMILES string of the molecule is COc1ccccc1OC(C)CNc1ccc(C#N)nc1. The molecule has 108 valence electrons. The average Bonchev–Trinajstić information content (AvgIpc) is 2.54. The molecule has 0 aliphatic carbocycles. The van der Waals surface area contributed by atoms with Gasteiger partial charge >= 0.3 is 0 Å². The van der Waals surface area contributed by atoms with Crippen LogP contribution < -0.4 is 14.8 Å². The number of hydrogen-bond acceptors (Lipinski definition) is 5. The maximum absolute atomic E-state index is 8.70. The Balaban J connectivity index is 1.89. The molecule has 0 saturated heterocycles. The van der Waals surface area contributed by atoms with Gasteiger partial charge in [0.1, 0.15) is 17.9 Å². The first-order valence-corrected chi connectivity index (χ1v) is 6.62. The first-order valence-electron chi connectivity index (χ1n) is 6.62. The molecule has 5 heteroatoms. The number of nitriles is 1. The van der Waals surface area contributed by atoms with Crippen molar-refractivity contribution in [3.05, 3.63) is 48.3 Å². The summed E-state index contributed by atoms with van der Waals surface area (Å²) >= 11 is 0. The number of methoxy groups -OCH3 is 1. The molecule has 0 amide bonds. The zero-order valence-corrected chi connectivity index (χ0v) is 12.0. The zero-order valence-electron chi connectivity index (χ0n) is 12.0. The van der Waals surface area contributed by atoms with Gasteiger partial charge < -0.3 is 14.8 Å². The highest BCUT2D eigenvalue weighted by Crippen LogP contribution is 2.26. The Morgan fingerprint density at radius 1 is 1.24 bits per heavy atom. The van der Waals surface area contributed by atoms with Crippen LogP contribution in [0.25, 0.3) is 0 Å². The van der Waals surface area contributed by atoms with E-state index in [1.165, 1.54) is 0 Å². The second-order valence-electron chi connectivity index (χ2n) is 4.50. The molecule has 0 aliphatic rings. The third-order valence-electron chi connectivity index (χ3n) is 2.87. The van der Waals surface area contributed by atoms with Gasteiger partial charge in [-0.05, 0) is 31.2 Å². The van der Waals surface area contributed by atoms with Crippen LogP contribution >= 0.6 is 0 Å². The van der Waals surface area contributed by atoms with E-state index in [-0.39, 0.29) is 6.10 Å². The molecule has 1 aromatic heterocycles. The molecule has 0 fully saturated rings. The van der Waals surface area contributed by atoms with E-state index >= 15 is 0 Å². The van der Waals surface area contributed by atoms with Gasteiger partial charge in [-0.15, -0.1) is 0 Å². The summed E-state index contributed by atoms with van der Waals surface area (Å²) in [7, 11) is 1.62. The number of benzene rings is 1. The van der Waals surface area contributed by atoms with E-state index in [9.17, 15) is 0 Å². The standard InChI is InChI=1S/C16H17N3O2/c1-12(21-16-6-4-3-5-15(16)20-2)10-18-14-8-7-13(9-17)19-11-14/h3-8,11-12,18H,10H2,1-2H3. The summed E-state index contributed by atoms with van der Waals surface area (Å²) in [6.07, 6.45) is 1.59. The van der Waals surface area contributed by atoms with Crippen LogP contribution in [0, 0.1) is 11.3 Å². The normalized spacial score (nSPS) is 11.3. The van der Waals surface area contributed by atoms with Gasteiger partial charge in [-0.1, -0.05) is 12.1 Å². The van der Waals surface area contributed by atoms with Crippen molar-refractivity contribution in [1.82, 2.24) is 4.98 Å². The fraction of sp³-hybridized carbons (Fsp3) is 0.250. The molecule has 5 nitrogen and oxygen atoms in total. The minimum atomic E-state index is -0.0445. The molecule has 0 bridgehead atoms. The van der Waals surface area contributed by atoms with Gasteiger partial charge in [0.05, 0.1) is 25.5 Å². The molecule has 0 saturated carbocycles. The summed E-state index contributed by atoms with van der Waals surface area (Å²) < 4.78 is 11.1. The lowest BCUT2D eigenvalue weighted by Crippen LogP contribution is -2.22. The predicted molar refractivity (Wildman–Crippen MR) is 80.5 cm³/mol. The molecular formula is C16H17N3O2. The first kappa shape index (κ1) is 14.7. The smallest absolute Gasteiger partial charge is 0.161 e. The Morgan fingerprint density at radius 3 is 2.62 bits per heavy atom. The Kier molecular flexibility index (Phi) is 4.99. The van der Waals surface area contributed by atoms with Crippen molar-refractivity contribution in [2.45, 2.75) is 13.0 Å². The number of aromatic nitrogens is 1. The van der Waals surface area contributed by atoms with Crippen molar-refractivity contribution in [2.24, 2.45) is 0 Å². The number of nitrogens with zero attached hydrogens (tertiary/aromatic N) is 2. The lowest BCUT2D eigenvalue weighted by Gasteiger charge is -2.17. The minimum Gasteiger partial charge on any atom is -0.493 e. The maximum atomic E-state index is 8.70. The van der Waals surface area contributed by atoms with Gasteiger partial charge in [0, 0.05) is 0 Å². The second-order valence-corrected chi connectivity index (χ2v) is 4.50. The number of anilines is 1. The van der Waals surface area contributed by atoms with Gasteiger partial charge in [0.15, 0.2) is 11.5 Å². The molecule has 0 spiro atoms. The number of pyridine rings is 1. The predicted octanol–water partition coefficient (Wildman–Crippen LogP) is 2.84. The van der Waals surface area contributed by atoms with Crippen molar-refractivity contribution < 1.29 is 9.47 Å². The highest BCUT2D eigenvalue weighted by atomic mass is 16.5. The number of rotatable bonds is 6. The largest absolute Gasteiger partial charge is 0.493 e. The van der Waals surface area contributed by atoms with Crippen molar-refractivity contribution in [3.8, 4) is 17.6 Å². The summed E-state index contributed by atoms with van der Waals surface area (Å²) in [4.78, 5) is 4.00. The molecule has 0 aliphatic heterocycles. The second kappa shape index (κ2) is 7.15. The third kappa shape index (κ3) is 4.11. The fourth-order valence-electron chi connectivity index (χ4n) is 1.80. The quantitative estimate of drug-likeness (QED) is 0.883. The third-order valence-corrected chi connectivity index (χ3v) is 2.87. The van der Waals surface area contributed by atoms with E-state index in [1.54, 1.807) is 19.4 Å². The Hall–Kier alpha value is -2.74. The van der Waals surface area contributed by atoms with E-state index in [4.69, 9.17) is 14.7 Å². The molecule has 2 rings (SSSR count). The lowest BCUT2D eigenvalue weighted by molar-refractivity contribution is 0.223. The summed E-state index contributed by atoms with van der Waals surface area (Å²) in [5.74, 6) is 1.43. The summed E-state index contributed by atoms with van der Waals surface area (Å²) in [6.45, 7) is 2.59.